The number of hydrogen-bond donors (Lipinski definition) is 1. The van der Waals surface area contributed by atoms with Crippen molar-refractivity contribution < 1.29 is 9.53 Å². The number of carbonyl (C=O) groups excluding carboxylic acids is 1. The fourth-order valence-electron chi connectivity index (χ4n) is 2.09. The Labute approximate surface area is 85.4 Å². The van der Waals surface area contributed by atoms with Gasteiger partial charge in [-0.2, -0.15) is 0 Å². The Morgan fingerprint density at radius 3 is 2.64 bits per heavy atom. The lowest BCUT2D eigenvalue weighted by molar-refractivity contribution is 0.00806. The van der Waals surface area contributed by atoms with E-state index >= 15 is 0 Å². The molecule has 14 heavy (non-hydrogen) atoms. The smallest absolute Gasteiger partial charge is 0.411 e. The fraction of sp³-hybridized carbons (Fsp3) is 0.900. The van der Waals surface area contributed by atoms with Crippen LogP contribution < -0.4 is 5.73 Å². The highest BCUT2D eigenvalue weighted by Gasteiger charge is 2.40. The lowest BCUT2D eigenvalue weighted by Gasteiger charge is -2.32. The minimum atomic E-state index is -0.841. The Balaban J connectivity index is 2.90. The van der Waals surface area contributed by atoms with Gasteiger partial charge in [-0.1, -0.05) is 13.8 Å². The predicted molar refractivity (Wildman–Crippen MR) is 54.7 cm³/mol. The summed E-state index contributed by atoms with van der Waals surface area (Å²) in [4.78, 5) is 13.1. The Hall–Kier alpha value is -0.770. The van der Waals surface area contributed by atoms with Crippen molar-refractivity contribution in [2.24, 2.45) is 11.1 Å². The molecule has 1 saturated heterocycles. The van der Waals surface area contributed by atoms with Crippen molar-refractivity contribution in [2.45, 2.75) is 39.3 Å². The first-order valence-electron chi connectivity index (χ1n) is 5.01. The molecule has 0 aromatic carbocycles. The summed E-state index contributed by atoms with van der Waals surface area (Å²) < 4.78 is 5.17. The molecule has 0 saturated carbocycles. The van der Waals surface area contributed by atoms with Crippen LogP contribution in [0.5, 0.6) is 0 Å². The van der Waals surface area contributed by atoms with Crippen LogP contribution in [0.25, 0.3) is 0 Å². The standard InChI is InChI=1S/C10H20N2O2/c1-5-9(2)6-10(3,11)14-8(13)12(4)7-9/h5-7,11H2,1-4H3. The summed E-state index contributed by atoms with van der Waals surface area (Å²) in [6, 6.07) is 0. The minimum absolute atomic E-state index is 0.0460. The van der Waals surface area contributed by atoms with Gasteiger partial charge in [0.25, 0.3) is 0 Å². The highest BCUT2D eigenvalue weighted by atomic mass is 16.6. The van der Waals surface area contributed by atoms with Crippen molar-refractivity contribution in [1.29, 1.82) is 0 Å². The van der Waals surface area contributed by atoms with E-state index in [2.05, 4.69) is 13.8 Å². The quantitative estimate of drug-likeness (QED) is 0.698. The van der Waals surface area contributed by atoms with Gasteiger partial charge in [-0.05, 0) is 18.8 Å². The maximum atomic E-state index is 11.5. The summed E-state index contributed by atoms with van der Waals surface area (Å²) in [5, 5.41) is 0. The molecule has 0 aliphatic carbocycles. The number of rotatable bonds is 1. The van der Waals surface area contributed by atoms with Crippen LogP contribution in [-0.2, 0) is 4.74 Å². The van der Waals surface area contributed by atoms with E-state index in [9.17, 15) is 4.79 Å². The predicted octanol–water partition coefficient (Wildman–Crippen LogP) is 1.55. The highest BCUT2D eigenvalue weighted by Crippen LogP contribution is 2.34. The van der Waals surface area contributed by atoms with Gasteiger partial charge in [0.2, 0.25) is 0 Å². The van der Waals surface area contributed by atoms with E-state index in [0.717, 1.165) is 6.42 Å². The number of nitrogens with zero attached hydrogens (tertiary/aromatic N) is 1. The molecule has 1 rings (SSSR count). The highest BCUT2D eigenvalue weighted by molar-refractivity contribution is 5.68. The van der Waals surface area contributed by atoms with E-state index in [1.54, 1.807) is 18.9 Å². The van der Waals surface area contributed by atoms with Crippen molar-refractivity contribution in [2.75, 3.05) is 13.6 Å². The molecule has 0 spiro atoms. The number of cyclic esters (lactones) is 1. The van der Waals surface area contributed by atoms with Crippen LogP contribution in [0.4, 0.5) is 4.79 Å². The molecule has 2 N–H and O–H groups in total. The van der Waals surface area contributed by atoms with Gasteiger partial charge in [0.1, 0.15) is 0 Å². The van der Waals surface area contributed by atoms with Crippen molar-refractivity contribution in [3.63, 3.8) is 0 Å². The molecular weight excluding hydrogens is 180 g/mol. The zero-order valence-corrected chi connectivity index (χ0v) is 9.46. The van der Waals surface area contributed by atoms with Gasteiger partial charge in [0, 0.05) is 20.0 Å². The van der Waals surface area contributed by atoms with Crippen LogP contribution >= 0.6 is 0 Å². The number of amides is 1. The van der Waals surface area contributed by atoms with Crippen LogP contribution in [0.15, 0.2) is 0 Å². The summed E-state index contributed by atoms with van der Waals surface area (Å²) >= 11 is 0. The van der Waals surface area contributed by atoms with Crippen molar-refractivity contribution in [3.8, 4) is 0 Å². The lowest BCUT2D eigenvalue weighted by atomic mass is 9.80. The normalized spacial score (nSPS) is 39.2. The van der Waals surface area contributed by atoms with Crippen molar-refractivity contribution in [1.82, 2.24) is 4.90 Å². The Kier molecular flexibility index (Phi) is 2.76. The maximum Gasteiger partial charge on any atom is 0.411 e. The molecule has 4 nitrogen and oxygen atoms in total. The monoisotopic (exact) mass is 200 g/mol. The summed E-state index contributed by atoms with van der Waals surface area (Å²) in [6.45, 7) is 6.71. The Morgan fingerprint density at radius 2 is 2.14 bits per heavy atom. The Bertz CT molecular complexity index is 240. The molecule has 1 fully saturated rings. The zero-order chi connectivity index (χ0) is 11.0. The van der Waals surface area contributed by atoms with Crippen LogP contribution in [-0.4, -0.2) is 30.3 Å². The second-order valence-corrected chi connectivity index (χ2v) is 4.88. The first kappa shape index (κ1) is 11.3. The van der Waals surface area contributed by atoms with Crippen LogP contribution in [0, 0.1) is 5.41 Å². The number of carbonyl (C=O) groups is 1. The van der Waals surface area contributed by atoms with E-state index in [1.165, 1.54) is 0 Å². The molecule has 1 heterocycles. The van der Waals surface area contributed by atoms with Gasteiger partial charge in [0.15, 0.2) is 5.72 Å². The topological polar surface area (TPSA) is 55.6 Å². The average Bonchev–Trinajstić information content (AvgIpc) is 2.08. The second-order valence-electron chi connectivity index (χ2n) is 4.88. The van der Waals surface area contributed by atoms with Gasteiger partial charge in [-0.15, -0.1) is 0 Å². The third kappa shape index (κ3) is 2.38. The SMILES string of the molecule is CCC1(C)CN(C)C(=O)OC(C)(N)C1. The zero-order valence-electron chi connectivity index (χ0n) is 9.46. The summed E-state index contributed by atoms with van der Waals surface area (Å²) in [5.74, 6) is 0. The van der Waals surface area contributed by atoms with Gasteiger partial charge in [-0.25, -0.2) is 4.79 Å². The molecule has 1 amide bonds. The summed E-state index contributed by atoms with van der Waals surface area (Å²) in [5.41, 5.74) is 5.12. The second kappa shape index (κ2) is 3.42. The first-order valence-corrected chi connectivity index (χ1v) is 5.01. The van der Waals surface area contributed by atoms with Gasteiger partial charge < -0.3 is 9.64 Å². The number of hydrogen-bond acceptors (Lipinski definition) is 3. The van der Waals surface area contributed by atoms with Gasteiger partial charge in [0.05, 0.1) is 0 Å². The molecule has 4 heteroatoms. The summed E-state index contributed by atoms with van der Waals surface area (Å²) in [7, 11) is 1.75. The van der Waals surface area contributed by atoms with E-state index < -0.39 is 5.72 Å². The Morgan fingerprint density at radius 1 is 1.57 bits per heavy atom. The molecule has 1 aliphatic heterocycles. The molecular formula is C10H20N2O2. The first-order chi connectivity index (χ1) is 6.28. The molecule has 2 unspecified atom stereocenters. The largest absolute Gasteiger partial charge is 0.428 e. The van der Waals surface area contributed by atoms with E-state index in [1.807, 2.05) is 0 Å². The molecule has 0 aromatic rings. The third-order valence-corrected chi connectivity index (χ3v) is 2.88. The van der Waals surface area contributed by atoms with Gasteiger partial charge >= 0.3 is 6.09 Å². The van der Waals surface area contributed by atoms with E-state index in [4.69, 9.17) is 10.5 Å². The molecule has 2 atom stereocenters. The number of nitrogens with two attached hydrogens (primary N) is 1. The van der Waals surface area contributed by atoms with E-state index in [-0.39, 0.29) is 11.5 Å². The average molecular weight is 200 g/mol. The fourth-order valence-corrected chi connectivity index (χ4v) is 2.09. The molecule has 1 aliphatic rings. The van der Waals surface area contributed by atoms with Crippen LogP contribution in [0.1, 0.15) is 33.6 Å². The summed E-state index contributed by atoms with van der Waals surface area (Å²) in [6.07, 6.45) is 1.36. The minimum Gasteiger partial charge on any atom is -0.428 e. The molecule has 82 valence electrons. The molecule has 0 bridgehead atoms. The van der Waals surface area contributed by atoms with Crippen molar-refractivity contribution >= 4 is 6.09 Å². The van der Waals surface area contributed by atoms with Crippen LogP contribution in [0.2, 0.25) is 0 Å². The van der Waals surface area contributed by atoms with Crippen LogP contribution in [0.3, 0.4) is 0 Å². The maximum absolute atomic E-state index is 11.5. The molecule has 0 aromatic heterocycles. The lowest BCUT2D eigenvalue weighted by Crippen LogP contribution is -2.43. The molecule has 0 radical (unpaired) electrons. The van der Waals surface area contributed by atoms with Crippen molar-refractivity contribution in [3.05, 3.63) is 0 Å². The third-order valence-electron chi connectivity index (χ3n) is 2.88. The van der Waals surface area contributed by atoms with Gasteiger partial charge in [-0.3, -0.25) is 5.73 Å². The van der Waals surface area contributed by atoms with E-state index in [0.29, 0.717) is 13.0 Å². The number of ether oxygens (including phenoxy) is 1.